The average Bonchev–Trinajstić information content (AvgIpc) is 2.96. The number of carboxylic acids is 1. The molecule has 0 aliphatic carbocycles. The Hall–Kier alpha value is -1.73. The molecule has 0 bridgehead atoms. The number of carbonyl (C=O) groups is 1. The van der Waals surface area contributed by atoms with E-state index in [-0.39, 0.29) is 5.69 Å². The van der Waals surface area contributed by atoms with Crippen LogP contribution >= 0.6 is 11.3 Å². The van der Waals surface area contributed by atoms with Gasteiger partial charge in [-0.1, -0.05) is 11.3 Å². The molecule has 0 amide bonds. The Labute approximate surface area is 108 Å². The Morgan fingerprint density at radius 1 is 1.61 bits per heavy atom. The molecule has 0 aliphatic heterocycles. The SMILES string of the molecule is CCOCCn1nnc(C(=O)O)c1-c1cccs1. The highest BCUT2D eigenvalue weighted by atomic mass is 32.1. The van der Waals surface area contributed by atoms with Gasteiger partial charge in [-0.3, -0.25) is 0 Å². The van der Waals surface area contributed by atoms with E-state index in [1.165, 1.54) is 11.3 Å². The van der Waals surface area contributed by atoms with Crippen molar-refractivity contribution in [3.63, 3.8) is 0 Å². The summed E-state index contributed by atoms with van der Waals surface area (Å²) in [4.78, 5) is 12.0. The van der Waals surface area contributed by atoms with Gasteiger partial charge in [-0.05, 0) is 18.4 Å². The molecule has 0 fully saturated rings. The van der Waals surface area contributed by atoms with Crippen LogP contribution in [0.4, 0.5) is 0 Å². The van der Waals surface area contributed by atoms with E-state index in [9.17, 15) is 4.79 Å². The maximum Gasteiger partial charge on any atom is 0.358 e. The van der Waals surface area contributed by atoms with Crippen LogP contribution in [0.5, 0.6) is 0 Å². The van der Waals surface area contributed by atoms with Gasteiger partial charge >= 0.3 is 5.97 Å². The minimum absolute atomic E-state index is 0.0195. The van der Waals surface area contributed by atoms with Crippen LogP contribution in [-0.4, -0.2) is 39.3 Å². The van der Waals surface area contributed by atoms with Crippen LogP contribution in [0.15, 0.2) is 17.5 Å². The second-order valence-corrected chi connectivity index (χ2v) is 4.44. The molecule has 1 N–H and O–H groups in total. The Bertz CT molecular complexity index is 522. The Morgan fingerprint density at radius 2 is 2.44 bits per heavy atom. The van der Waals surface area contributed by atoms with E-state index in [0.29, 0.717) is 25.5 Å². The van der Waals surface area contributed by atoms with Gasteiger partial charge in [0, 0.05) is 6.61 Å². The third-order valence-corrected chi connectivity index (χ3v) is 3.22. The largest absolute Gasteiger partial charge is 0.476 e. The van der Waals surface area contributed by atoms with Gasteiger partial charge < -0.3 is 9.84 Å². The van der Waals surface area contributed by atoms with Crippen LogP contribution in [0.25, 0.3) is 10.6 Å². The lowest BCUT2D eigenvalue weighted by Crippen LogP contribution is -2.09. The topological polar surface area (TPSA) is 77.2 Å². The predicted molar refractivity (Wildman–Crippen MR) is 66.8 cm³/mol. The van der Waals surface area contributed by atoms with E-state index >= 15 is 0 Å². The number of thiophene rings is 1. The second kappa shape index (κ2) is 5.74. The summed E-state index contributed by atoms with van der Waals surface area (Å²) in [7, 11) is 0. The fraction of sp³-hybridized carbons (Fsp3) is 0.364. The van der Waals surface area contributed by atoms with Crippen molar-refractivity contribution in [3.05, 3.63) is 23.2 Å². The number of nitrogens with zero attached hydrogens (tertiary/aromatic N) is 3. The molecular weight excluding hydrogens is 254 g/mol. The van der Waals surface area contributed by atoms with Crippen molar-refractivity contribution < 1.29 is 14.6 Å². The van der Waals surface area contributed by atoms with Crippen LogP contribution in [-0.2, 0) is 11.3 Å². The zero-order chi connectivity index (χ0) is 13.0. The molecular formula is C11H13N3O3S. The molecule has 0 radical (unpaired) electrons. The standard InChI is InChI=1S/C11H13N3O3S/c1-2-17-6-5-14-10(8-4-3-7-18-8)9(11(15)16)12-13-14/h3-4,7H,2,5-6H2,1H3,(H,15,16). The fourth-order valence-electron chi connectivity index (χ4n) is 1.57. The first kappa shape index (κ1) is 12.7. The molecule has 0 unspecified atom stereocenters. The zero-order valence-corrected chi connectivity index (χ0v) is 10.7. The van der Waals surface area contributed by atoms with E-state index in [1.807, 2.05) is 24.4 Å². The van der Waals surface area contributed by atoms with Gasteiger partial charge in [-0.2, -0.15) is 0 Å². The first-order valence-electron chi connectivity index (χ1n) is 5.52. The number of hydrogen-bond donors (Lipinski definition) is 1. The highest BCUT2D eigenvalue weighted by Gasteiger charge is 2.20. The third-order valence-electron chi connectivity index (χ3n) is 2.34. The van der Waals surface area contributed by atoms with Crippen LogP contribution in [0.3, 0.4) is 0 Å². The molecule has 0 spiro atoms. The van der Waals surface area contributed by atoms with E-state index < -0.39 is 5.97 Å². The lowest BCUT2D eigenvalue weighted by molar-refractivity contribution is 0.0691. The second-order valence-electron chi connectivity index (χ2n) is 3.49. The van der Waals surface area contributed by atoms with E-state index in [1.54, 1.807) is 4.68 Å². The Balaban J connectivity index is 2.32. The lowest BCUT2D eigenvalue weighted by Gasteiger charge is -2.05. The molecule has 2 heterocycles. The molecule has 2 aromatic heterocycles. The third kappa shape index (κ3) is 2.57. The monoisotopic (exact) mass is 267 g/mol. The normalized spacial score (nSPS) is 10.7. The van der Waals surface area contributed by atoms with Gasteiger partial charge in [0.25, 0.3) is 0 Å². The summed E-state index contributed by atoms with van der Waals surface area (Å²) in [6.45, 7) is 3.50. The van der Waals surface area contributed by atoms with Gasteiger partial charge in [-0.25, -0.2) is 9.48 Å². The van der Waals surface area contributed by atoms with E-state index in [0.717, 1.165) is 4.88 Å². The predicted octanol–water partition coefficient (Wildman–Crippen LogP) is 1.74. The number of carboxylic acid groups (broad SMARTS) is 1. The fourth-order valence-corrected chi connectivity index (χ4v) is 2.34. The molecule has 0 aromatic carbocycles. The first-order valence-corrected chi connectivity index (χ1v) is 6.40. The lowest BCUT2D eigenvalue weighted by atomic mass is 10.2. The molecule has 6 nitrogen and oxygen atoms in total. The molecule has 0 atom stereocenters. The summed E-state index contributed by atoms with van der Waals surface area (Å²) in [6, 6.07) is 3.72. The summed E-state index contributed by atoms with van der Waals surface area (Å²) in [5.74, 6) is -1.07. The van der Waals surface area contributed by atoms with Crippen molar-refractivity contribution in [1.29, 1.82) is 0 Å². The van der Waals surface area contributed by atoms with Crippen molar-refractivity contribution in [2.24, 2.45) is 0 Å². The highest BCUT2D eigenvalue weighted by molar-refractivity contribution is 7.13. The summed E-state index contributed by atoms with van der Waals surface area (Å²) >= 11 is 1.46. The van der Waals surface area contributed by atoms with Crippen LogP contribution in [0, 0.1) is 0 Å². The van der Waals surface area contributed by atoms with Crippen LogP contribution in [0.2, 0.25) is 0 Å². The van der Waals surface area contributed by atoms with Crippen LogP contribution in [0.1, 0.15) is 17.4 Å². The van der Waals surface area contributed by atoms with Crippen LogP contribution < -0.4 is 0 Å². The maximum atomic E-state index is 11.1. The van der Waals surface area contributed by atoms with E-state index in [4.69, 9.17) is 9.84 Å². The van der Waals surface area contributed by atoms with Gasteiger partial charge in [0.1, 0.15) is 5.69 Å². The minimum atomic E-state index is -1.07. The highest BCUT2D eigenvalue weighted by Crippen LogP contribution is 2.26. The zero-order valence-electron chi connectivity index (χ0n) is 9.87. The first-order chi connectivity index (χ1) is 8.74. The van der Waals surface area contributed by atoms with Gasteiger partial charge in [0.2, 0.25) is 0 Å². The molecule has 96 valence electrons. The number of rotatable bonds is 6. The van der Waals surface area contributed by atoms with Crippen molar-refractivity contribution in [2.75, 3.05) is 13.2 Å². The maximum absolute atomic E-state index is 11.1. The Morgan fingerprint density at radius 3 is 3.06 bits per heavy atom. The summed E-state index contributed by atoms with van der Waals surface area (Å²) < 4.78 is 6.82. The van der Waals surface area contributed by atoms with Gasteiger partial charge in [-0.15, -0.1) is 16.4 Å². The number of aromatic carboxylic acids is 1. The quantitative estimate of drug-likeness (QED) is 0.807. The molecule has 0 saturated heterocycles. The van der Waals surface area contributed by atoms with Gasteiger partial charge in [0.05, 0.1) is 18.0 Å². The van der Waals surface area contributed by atoms with Crippen molar-refractivity contribution in [2.45, 2.75) is 13.5 Å². The smallest absolute Gasteiger partial charge is 0.358 e. The Kier molecular flexibility index (Phi) is 4.06. The van der Waals surface area contributed by atoms with Crippen molar-refractivity contribution in [1.82, 2.24) is 15.0 Å². The molecule has 2 rings (SSSR count). The molecule has 2 aromatic rings. The number of ether oxygens (including phenoxy) is 1. The summed E-state index contributed by atoms with van der Waals surface area (Å²) in [6.07, 6.45) is 0. The minimum Gasteiger partial charge on any atom is -0.476 e. The van der Waals surface area contributed by atoms with Gasteiger partial charge in [0.15, 0.2) is 5.69 Å². The molecule has 18 heavy (non-hydrogen) atoms. The number of hydrogen-bond acceptors (Lipinski definition) is 5. The van der Waals surface area contributed by atoms with E-state index in [2.05, 4.69) is 10.3 Å². The molecule has 7 heteroatoms. The van der Waals surface area contributed by atoms with Crippen molar-refractivity contribution >= 4 is 17.3 Å². The average molecular weight is 267 g/mol. The van der Waals surface area contributed by atoms with Crippen molar-refractivity contribution in [3.8, 4) is 10.6 Å². The molecule has 0 saturated carbocycles. The summed E-state index contributed by atoms with van der Waals surface area (Å²) in [5, 5.41) is 18.6. The number of aromatic nitrogens is 3. The molecule has 0 aliphatic rings. The summed E-state index contributed by atoms with van der Waals surface area (Å²) in [5.41, 5.74) is 0.520.